The molecule has 23 heavy (non-hydrogen) atoms. The third-order valence-corrected chi connectivity index (χ3v) is 3.23. The maximum atomic E-state index is 12.2. The summed E-state index contributed by atoms with van der Waals surface area (Å²) in [6.45, 7) is -1.15. The minimum atomic E-state index is -2.96. The van der Waals surface area contributed by atoms with Crippen LogP contribution in [-0.4, -0.2) is 17.6 Å². The van der Waals surface area contributed by atoms with E-state index in [4.69, 9.17) is 11.6 Å². The molecule has 0 spiro atoms. The molecule has 2 N–H and O–H groups in total. The number of nitrogens with zero attached hydrogens (tertiary/aromatic N) is 1. The fourth-order valence-electron chi connectivity index (χ4n) is 1.85. The summed E-state index contributed by atoms with van der Waals surface area (Å²) in [5, 5.41) is 5.27. The van der Waals surface area contributed by atoms with Crippen LogP contribution in [0.2, 0.25) is 5.02 Å². The highest BCUT2D eigenvalue weighted by Gasteiger charge is 2.12. The maximum Gasteiger partial charge on any atom is 0.387 e. The fraction of sp³-hybridized carbons (Fsp3) is 0.200. The Bertz CT molecular complexity index is 671. The quantitative estimate of drug-likeness (QED) is 0.856. The average molecular weight is 342 g/mol. The molecular weight excluding hydrogens is 328 g/mol. The number of hydrogen-bond acceptors (Lipinski definition) is 3. The Morgan fingerprint density at radius 1 is 1.35 bits per heavy atom. The zero-order valence-electron chi connectivity index (χ0n) is 12.1. The van der Waals surface area contributed by atoms with Crippen LogP contribution in [0.25, 0.3) is 0 Å². The van der Waals surface area contributed by atoms with E-state index in [1.807, 2.05) is 13.0 Å². The Balaban J connectivity index is 1.96. The largest absolute Gasteiger partial charge is 0.433 e. The van der Waals surface area contributed by atoms with Crippen molar-refractivity contribution in [1.29, 1.82) is 0 Å². The molecule has 1 atom stereocenters. The molecule has 0 saturated carbocycles. The minimum Gasteiger partial charge on any atom is -0.433 e. The number of alkyl halides is 2. The van der Waals surface area contributed by atoms with Crippen molar-refractivity contribution in [2.75, 3.05) is 5.32 Å². The average Bonchev–Trinajstić information content (AvgIpc) is 2.50. The van der Waals surface area contributed by atoms with Gasteiger partial charge in [0.2, 0.25) is 0 Å². The number of halogens is 3. The van der Waals surface area contributed by atoms with Gasteiger partial charge in [-0.2, -0.15) is 8.78 Å². The predicted octanol–water partition coefficient (Wildman–Crippen LogP) is 4.22. The van der Waals surface area contributed by atoms with Crippen molar-refractivity contribution < 1.29 is 18.3 Å². The van der Waals surface area contributed by atoms with Crippen LogP contribution in [0, 0.1) is 0 Å². The van der Waals surface area contributed by atoms with Crippen LogP contribution in [0.5, 0.6) is 5.75 Å². The number of aromatic nitrogens is 1. The predicted molar refractivity (Wildman–Crippen MR) is 82.9 cm³/mol. The summed E-state index contributed by atoms with van der Waals surface area (Å²) in [7, 11) is 0. The van der Waals surface area contributed by atoms with Crippen LogP contribution in [0.15, 0.2) is 42.7 Å². The summed E-state index contributed by atoms with van der Waals surface area (Å²) in [5.74, 6) is -0.156. The molecule has 0 unspecified atom stereocenters. The number of pyridine rings is 1. The van der Waals surface area contributed by atoms with Crippen molar-refractivity contribution in [1.82, 2.24) is 10.3 Å². The van der Waals surface area contributed by atoms with Gasteiger partial charge in [-0.05, 0) is 36.8 Å². The van der Waals surface area contributed by atoms with Gasteiger partial charge in [0.05, 0.1) is 11.1 Å². The lowest BCUT2D eigenvalue weighted by molar-refractivity contribution is -0.0497. The molecular formula is C15H14ClF2N3O2. The van der Waals surface area contributed by atoms with E-state index in [1.165, 1.54) is 18.2 Å². The summed E-state index contributed by atoms with van der Waals surface area (Å²) in [6.07, 6.45) is 3.29. The van der Waals surface area contributed by atoms with Gasteiger partial charge >= 0.3 is 12.6 Å². The van der Waals surface area contributed by atoms with Gasteiger partial charge in [-0.25, -0.2) is 4.79 Å². The number of carbonyl (C=O) groups is 1. The van der Waals surface area contributed by atoms with Crippen molar-refractivity contribution >= 4 is 23.3 Å². The van der Waals surface area contributed by atoms with Gasteiger partial charge in [0.1, 0.15) is 5.75 Å². The lowest BCUT2D eigenvalue weighted by Crippen LogP contribution is -2.31. The summed E-state index contributed by atoms with van der Waals surface area (Å²) < 4.78 is 28.5. The van der Waals surface area contributed by atoms with Gasteiger partial charge in [-0.15, -0.1) is 0 Å². The topological polar surface area (TPSA) is 63.2 Å². The highest BCUT2D eigenvalue weighted by molar-refractivity contribution is 6.32. The van der Waals surface area contributed by atoms with E-state index >= 15 is 0 Å². The first-order valence-corrected chi connectivity index (χ1v) is 7.05. The number of carbonyl (C=O) groups excluding carboxylic acids is 1. The molecule has 0 bridgehead atoms. The Kier molecular flexibility index (Phi) is 5.70. The van der Waals surface area contributed by atoms with Crippen LogP contribution in [0.1, 0.15) is 18.5 Å². The van der Waals surface area contributed by atoms with Crippen molar-refractivity contribution in [2.45, 2.75) is 19.6 Å². The van der Waals surface area contributed by atoms with Gasteiger partial charge in [-0.3, -0.25) is 4.98 Å². The highest BCUT2D eigenvalue weighted by Crippen LogP contribution is 2.28. The van der Waals surface area contributed by atoms with Crippen molar-refractivity contribution in [3.8, 4) is 5.75 Å². The summed E-state index contributed by atoms with van der Waals surface area (Å²) in [5.41, 5.74) is 1.20. The molecule has 5 nitrogen and oxygen atoms in total. The molecule has 1 aromatic heterocycles. The first-order chi connectivity index (χ1) is 11.0. The SMILES string of the molecule is C[C@H](NC(=O)Nc1ccc(OC(F)F)c(Cl)c1)c1cccnc1. The lowest BCUT2D eigenvalue weighted by atomic mass is 10.1. The normalized spacial score (nSPS) is 11.9. The molecule has 0 aliphatic rings. The molecule has 0 aliphatic carbocycles. The van der Waals surface area contributed by atoms with E-state index in [1.54, 1.807) is 18.5 Å². The van der Waals surface area contributed by atoms with Crippen LogP contribution in [-0.2, 0) is 0 Å². The van der Waals surface area contributed by atoms with Gasteiger partial charge in [0, 0.05) is 18.1 Å². The van der Waals surface area contributed by atoms with E-state index in [0.717, 1.165) is 5.56 Å². The highest BCUT2D eigenvalue weighted by atomic mass is 35.5. The number of rotatable bonds is 5. The zero-order valence-corrected chi connectivity index (χ0v) is 12.8. The third kappa shape index (κ3) is 5.07. The Labute approximate surface area is 136 Å². The molecule has 1 heterocycles. The molecule has 1 aromatic carbocycles. The van der Waals surface area contributed by atoms with E-state index in [0.29, 0.717) is 5.69 Å². The number of hydrogen-bond donors (Lipinski definition) is 2. The fourth-order valence-corrected chi connectivity index (χ4v) is 2.07. The minimum absolute atomic E-state index is 0.0246. The standard InChI is InChI=1S/C15H14ClF2N3O2/c1-9(10-3-2-6-19-8-10)20-15(22)21-11-4-5-13(12(16)7-11)23-14(17)18/h2-9,14H,1H3,(H2,20,21,22)/t9-/m0/s1. The second-order valence-electron chi connectivity index (χ2n) is 4.63. The first kappa shape index (κ1) is 17.0. The molecule has 2 aromatic rings. The molecule has 122 valence electrons. The summed E-state index contributed by atoms with van der Waals surface area (Å²) >= 11 is 5.82. The van der Waals surface area contributed by atoms with E-state index in [9.17, 15) is 13.6 Å². The Hall–Kier alpha value is -2.41. The van der Waals surface area contributed by atoms with Gasteiger partial charge in [0.15, 0.2) is 0 Å². The zero-order chi connectivity index (χ0) is 16.8. The van der Waals surface area contributed by atoms with Crippen molar-refractivity contribution in [3.05, 3.63) is 53.3 Å². The monoisotopic (exact) mass is 341 g/mol. The molecule has 0 radical (unpaired) electrons. The maximum absolute atomic E-state index is 12.2. The van der Waals surface area contributed by atoms with Gasteiger partial charge in [-0.1, -0.05) is 17.7 Å². The smallest absolute Gasteiger partial charge is 0.387 e. The number of amides is 2. The van der Waals surface area contributed by atoms with Gasteiger partial charge < -0.3 is 15.4 Å². The Morgan fingerprint density at radius 2 is 2.13 bits per heavy atom. The van der Waals surface area contributed by atoms with E-state index in [-0.39, 0.29) is 16.8 Å². The molecule has 0 fully saturated rings. The molecule has 0 aliphatic heterocycles. The number of benzene rings is 1. The van der Waals surface area contributed by atoms with Crippen LogP contribution in [0.3, 0.4) is 0 Å². The second kappa shape index (κ2) is 7.73. The summed E-state index contributed by atoms with van der Waals surface area (Å²) in [6, 6.07) is 6.90. The van der Waals surface area contributed by atoms with Crippen LogP contribution < -0.4 is 15.4 Å². The summed E-state index contributed by atoms with van der Waals surface area (Å²) in [4.78, 5) is 15.9. The molecule has 2 rings (SSSR count). The molecule has 0 saturated heterocycles. The van der Waals surface area contributed by atoms with E-state index < -0.39 is 12.6 Å². The van der Waals surface area contributed by atoms with Crippen LogP contribution >= 0.6 is 11.6 Å². The lowest BCUT2D eigenvalue weighted by Gasteiger charge is -2.15. The third-order valence-electron chi connectivity index (χ3n) is 2.94. The first-order valence-electron chi connectivity index (χ1n) is 6.67. The molecule has 8 heteroatoms. The molecule has 2 amide bonds. The van der Waals surface area contributed by atoms with Crippen molar-refractivity contribution in [3.63, 3.8) is 0 Å². The number of anilines is 1. The van der Waals surface area contributed by atoms with Crippen molar-refractivity contribution in [2.24, 2.45) is 0 Å². The number of nitrogens with one attached hydrogen (secondary N) is 2. The second-order valence-corrected chi connectivity index (χ2v) is 5.04. The number of ether oxygens (including phenoxy) is 1. The Morgan fingerprint density at radius 3 is 2.74 bits per heavy atom. The number of urea groups is 1. The van der Waals surface area contributed by atoms with Gasteiger partial charge in [0.25, 0.3) is 0 Å². The van der Waals surface area contributed by atoms with Crippen LogP contribution in [0.4, 0.5) is 19.3 Å². The van der Waals surface area contributed by atoms with E-state index in [2.05, 4.69) is 20.4 Å².